The number of nitrogens with two attached hydrogens (primary N) is 1. The predicted octanol–water partition coefficient (Wildman–Crippen LogP) is 2.57. The van der Waals surface area contributed by atoms with Gasteiger partial charge in [-0.15, -0.1) is 12.4 Å². The lowest BCUT2D eigenvalue weighted by Crippen LogP contribution is -2.11. The zero-order chi connectivity index (χ0) is 10.7. The van der Waals surface area contributed by atoms with Crippen molar-refractivity contribution in [3.8, 4) is 0 Å². The topological polar surface area (TPSA) is 69.2 Å². The van der Waals surface area contributed by atoms with Crippen LogP contribution >= 0.6 is 12.4 Å². The Morgan fingerprint density at radius 1 is 1.60 bits per heavy atom. The molecular formula is C9H12ClFN2O2. The van der Waals surface area contributed by atoms with Crippen LogP contribution in [-0.4, -0.2) is 4.92 Å². The molecule has 2 N–H and O–H groups in total. The van der Waals surface area contributed by atoms with Crippen molar-refractivity contribution in [1.29, 1.82) is 0 Å². The Morgan fingerprint density at radius 2 is 2.20 bits per heavy atom. The summed E-state index contributed by atoms with van der Waals surface area (Å²) in [5.74, 6) is -0.622. The lowest BCUT2D eigenvalue weighted by atomic mass is 10.0. The maximum Gasteiger partial charge on any atom is 0.277 e. The van der Waals surface area contributed by atoms with Crippen LogP contribution in [0.2, 0.25) is 0 Å². The maximum absolute atomic E-state index is 12.7. The molecule has 0 unspecified atom stereocenters. The van der Waals surface area contributed by atoms with Gasteiger partial charge in [0.2, 0.25) is 0 Å². The second-order valence-electron chi connectivity index (χ2n) is 2.97. The van der Waals surface area contributed by atoms with Gasteiger partial charge in [0.15, 0.2) is 0 Å². The molecule has 0 spiro atoms. The smallest absolute Gasteiger partial charge is 0.277 e. The van der Waals surface area contributed by atoms with Crippen molar-refractivity contribution in [3.63, 3.8) is 0 Å². The summed E-state index contributed by atoms with van der Waals surface area (Å²) in [4.78, 5) is 9.96. The number of nitrogens with zero attached hydrogens (tertiary/aromatic N) is 1. The molecule has 4 nitrogen and oxygen atoms in total. The summed E-state index contributed by atoms with van der Waals surface area (Å²) in [5.41, 5.74) is 5.78. The number of rotatable bonds is 3. The van der Waals surface area contributed by atoms with Gasteiger partial charge in [0.25, 0.3) is 5.69 Å². The molecule has 0 aliphatic carbocycles. The first-order chi connectivity index (χ1) is 6.56. The number of halogens is 2. The van der Waals surface area contributed by atoms with E-state index in [4.69, 9.17) is 5.73 Å². The number of hydrogen-bond donors (Lipinski definition) is 1. The minimum Gasteiger partial charge on any atom is -0.324 e. The van der Waals surface area contributed by atoms with Gasteiger partial charge in [0.05, 0.1) is 11.0 Å². The highest BCUT2D eigenvalue weighted by Gasteiger charge is 2.18. The summed E-state index contributed by atoms with van der Waals surface area (Å²) in [6, 6.07) is 3.01. The summed E-state index contributed by atoms with van der Waals surface area (Å²) in [5, 5.41) is 10.6. The van der Waals surface area contributed by atoms with E-state index in [0.717, 1.165) is 6.07 Å². The minimum atomic E-state index is -0.622. The first-order valence-electron chi connectivity index (χ1n) is 4.25. The molecule has 0 fully saturated rings. The third kappa shape index (κ3) is 3.14. The molecule has 0 aliphatic heterocycles. The van der Waals surface area contributed by atoms with Crippen LogP contribution in [0, 0.1) is 15.9 Å². The van der Waals surface area contributed by atoms with Gasteiger partial charge in [-0.2, -0.15) is 0 Å². The van der Waals surface area contributed by atoms with Gasteiger partial charge in [-0.25, -0.2) is 4.39 Å². The summed E-state index contributed by atoms with van der Waals surface area (Å²) in [6.07, 6.45) is 0.576. The third-order valence-corrected chi connectivity index (χ3v) is 2.03. The van der Waals surface area contributed by atoms with Crippen LogP contribution in [0.4, 0.5) is 10.1 Å². The molecule has 0 radical (unpaired) electrons. The van der Waals surface area contributed by atoms with E-state index in [0.29, 0.717) is 12.0 Å². The maximum atomic E-state index is 12.7. The highest BCUT2D eigenvalue weighted by Crippen LogP contribution is 2.26. The van der Waals surface area contributed by atoms with E-state index < -0.39 is 16.8 Å². The zero-order valence-corrected chi connectivity index (χ0v) is 8.96. The van der Waals surface area contributed by atoms with E-state index in [1.54, 1.807) is 0 Å². The SMILES string of the molecule is CC[C@@H](N)c1ccc(F)cc1[N+](=O)[O-].Cl. The quantitative estimate of drug-likeness (QED) is 0.646. The van der Waals surface area contributed by atoms with Gasteiger partial charge in [0, 0.05) is 11.6 Å². The van der Waals surface area contributed by atoms with Gasteiger partial charge in [-0.3, -0.25) is 10.1 Å². The molecule has 1 aromatic carbocycles. The average molecular weight is 235 g/mol. The fourth-order valence-corrected chi connectivity index (χ4v) is 1.21. The van der Waals surface area contributed by atoms with Crippen molar-refractivity contribution in [2.75, 3.05) is 0 Å². The Hall–Kier alpha value is -1.20. The van der Waals surface area contributed by atoms with Gasteiger partial charge < -0.3 is 5.73 Å². The molecule has 1 rings (SSSR count). The molecule has 84 valence electrons. The molecule has 0 amide bonds. The highest BCUT2D eigenvalue weighted by atomic mass is 35.5. The van der Waals surface area contributed by atoms with Crippen molar-refractivity contribution in [3.05, 3.63) is 39.7 Å². The zero-order valence-electron chi connectivity index (χ0n) is 8.14. The fraction of sp³-hybridized carbons (Fsp3) is 0.333. The van der Waals surface area contributed by atoms with Gasteiger partial charge in [-0.05, 0) is 18.6 Å². The molecular weight excluding hydrogens is 223 g/mol. The van der Waals surface area contributed by atoms with E-state index in [9.17, 15) is 14.5 Å². The number of benzene rings is 1. The van der Waals surface area contributed by atoms with E-state index in [1.807, 2.05) is 6.92 Å². The van der Waals surface area contributed by atoms with Crippen molar-refractivity contribution in [1.82, 2.24) is 0 Å². The van der Waals surface area contributed by atoms with Crippen molar-refractivity contribution in [2.24, 2.45) is 5.73 Å². The van der Waals surface area contributed by atoms with Crippen LogP contribution in [0.15, 0.2) is 18.2 Å². The van der Waals surface area contributed by atoms with E-state index >= 15 is 0 Å². The first-order valence-corrected chi connectivity index (χ1v) is 4.25. The molecule has 0 aliphatic rings. The Bertz CT molecular complexity index is 360. The van der Waals surface area contributed by atoms with Crippen LogP contribution in [0.25, 0.3) is 0 Å². The Kier molecular flexibility index (Phi) is 5.18. The minimum absolute atomic E-state index is 0. The average Bonchev–Trinajstić information content (AvgIpc) is 2.16. The number of hydrogen-bond acceptors (Lipinski definition) is 3. The van der Waals surface area contributed by atoms with Crippen molar-refractivity contribution >= 4 is 18.1 Å². The van der Waals surface area contributed by atoms with E-state index in [2.05, 4.69) is 0 Å². The van der Waals surface area contributed by atoms with E-state index in [1.165, 1.54) is 12.1 Å². The standard InChI is InChI=1S/C9H11FN2O2.ClH/c1-2-8(11)7-4-3-6(10)5-9(7)12(13)14;/h3-5,8H,2,11H2,1H3;1H/t8-;/m1./s1. The van der Waals surface area contributed by atoms with Crippen molar-refractivity contribution < 1.29 is 9.31 Å². The van der Waals surface area contributed by atoms with Crippen molar-refractivity contribution in [2.45, 2.75) is 19.4 Å². The largest absolute Gasteiger partial charge is 0.324 e. The Morgan fingerprint density at radius 3 is 2.67 bits per heavy atom. The third-order valence-electron chi connectivity index (χ3n) is 2.03. The Balaban J connectivity index is 0.00000196. The molecule has 15 heavy (non-hydrogen) atoms. The highest BCUT2D eigenvalue weighted by molar-refractivity contribution is 5.85. The Labute approximate surface area is 92.8 Å². The second kappa shape index (κ2) is 5.63. The molecule has 0 heterocycles. The normalized spacial score (nSPS) is 11.7. The lowest BCUT2D eigenvalue weighted by molar-refractivity contribution is -0.385. The molecule has 0 aromatic heterocycles. The summed E-state index contributed by atoms with van der Waals surface area (Å²) >= 11 is 0. The van der Waals surface area contributed by atoms with Crippen LogP contribution in [0.5, 0.6) is 0 Å². The lowest BCUT2D eigenvalue weighted by Gasteiger charge is -2.08. The molecule has 1 aromatic rings. The van der Waals surface area contributed by atoms with Crippen LogP contribution < -0.4 is 5.73 Å². The molecule has 6 heteroatoms. The van der Waals surface area contributed by atoms with Crippen LogP contribution in [0.3, 0.4) is 0 Å². The van der Waals surface area contributed by atoms with Gasteiger partial charge in [0.1, 0.15) is 5.82 Å². The van der Waals surface area contributed by atoms with Crippen LogP contribution in [0.1, 0.15) is 24.9 Å². The number of nitro benzene ring substituents is 1. The molecule has 0 bridgehead atoms. The second-order valence-corrected chi connectivity index (χ2v) is 2.97. The fourth-order valence-electron chi connectivity index (χ4n) is 1.21. The van der Waals surface area contributed by atoms with Gasteiger partial charge in [-0.1, -0.05) is 6.92 Å². The molecule has 0 saturated carbocycles. The number of nitro groups is 1. The monoisotopic (exact) mass is 234 g/mol. The van der Waals surface area contributed by atoms with Gasteiger partial charge >= 0.3 is 0 Å². The summed E-state index contributed by atoms with van der Waals surface area (Å²) in [7, 11) is 0. The summed E-state index contributed by atoms with van der Waals surface area (Å²) in [6.45, 7) is 1.82. The predicted molar refractivity (Wildman–Crippen MR) is 57.5 cm³/mol. The van der Waals surface area contributed by atoms with E-state index in [-0.39, 0.29) is 18.1 Å². The van der Waals surface area contributed by atoms with Crippen LogP contribution in [-0.2, 0) is 0 Å². The molecule has 1 atom stereocenters. The summed E-state index contributed by atoms with van der Waals surface area (Å²) < 4.78 is 12.7. The first kappa shape index (κ1) is 13.8. The molecule has 0 saturated heterocycles.